The third-order valence-electron chi connectivity index (χ3n) is 3.29. The molecular weight excluding hydrogens is 272 g/mol. The van der Waals surface area contributed by atoms with E-state index in [4.69, 9.17) is 10.00 Å². The van der Waals surface area contributed by atoms with E-state index in [9.17, 15) is 0 Å². The summed E-state index contributed by atoms with van der Waals surface area (Å²) in [5.41, 5.74) is 1.56. The largest absolute Gasteiger partial charge is 0.371 e. The molecule has 3 rings (SSSR count). The van der Waals surface area contributed by atoms with Gasteiger partial charge in [-0.05, 0) is 23.9 Å². The minimum Gasteiger partial charge on any atom is -0.371 e. The first kappa shape index (κ1) is 13.0. The maximum Gasteiger partial charge on any atom is 0.161 e. The number of hydrogen-bond acceptors (Lipinski definition) is 6. The minimum atomic E-state index is 0.0116. The van der Waals surface area contributed by atoms with Crippen molar-refractivity contribution in [1.82, 2.24) is 9.97 Å². The molecule has 102 valence electrons. The van der Waals surface area contributed by atoms with Crippen molar-refractivity contribution in [3.8, 4) is 6.07 Å². The van der Waals surface area contributed by atoms with Crippen LogP contribution in [0.15, 0.2) is 23.8 Å². The summed E-state index contributed by atoms with van der Waals surface area (Å²) < 4.78 is 5.88. The van der Waals surface area contributed by atoms with E-state index in [1.165, 1.54) is 16.6 Å². The molecule has 0 amide bonds. The molecule has 0 unspecified atom stereocenters. The molecule has 0 bridgehead atoms. The Morgan fingerprint density at radius 2 is 2.45 bits per heavy atom. The van der Waals surface area contributed by atoms with Crippen molar-refractivity contribution in [3.05, 3.63) is 40.0 Å². The van der Waals surface area contributed by atoms with Crippen molar-refractivity contribution in [2.45, 2.75) is 25.5 Å². The van der Waals surface area contributed by atoms with Gasteiger partial charge in [0.2, 0.25) is 0 Å². The predicted molar refractivity (Wildman–Crippen MR) is 76.5 cm³/mol. The summed E-state index contributed by atoms with van der Waals surface area (Å²) in [5, 5.41) is 14.2. The third kappa shape index (κ3) is 2.50. The fourth-order valence-corrected chi connectivity index (χ4v) is 3.29. The van der Waals surface area contributed by atoms with Crippen molar-refractivity contribution in [3.63, 3.8) is 0 Å². The van der Waals surface area contributed by atoms with Crippen LogP contribution in [0.1, 0.15) is 29.2 Å². The SMILES string of the molecule is C[C@H](Nc1cncc(C#N)n1)[C@@H]1OCCc2sccc21. The lowest BCUT2D eigenvalue weighted by Gasteiger charge is -2.29. The first-order chi connectivity index (χ1) is 9.78. The molecule has 20 heavy (non-hydrogen) atoms. The number of hydrogen-bond donors (Lipinski definition) is 1. The van der Waals surface area contributed by atoms with Crippen molar-refractivity contribution in [1.29, 1.82) is 5.26 Å². The maximum absolute atomic E-state index is 8.84. The number of thiophene rings is 1. The first-order valence-corrected chi connectivity index (χ1v) is 7.32. The monoisotopic (exact) mass is 286 g/mol. The van der Waals surface area contributed by atoms with Gasteiger partial charge in [0, 0.05) is 11.3 Å². The van der Waals surface area contributed by atoms with Gasteiger partial charge in [-0.1, -0.05) is 0 Å². The lowest BCUT2D eigenvalue weighted by atomic mass is 10.0. The number of anilines is 1. The zero-order valence-electron chi connectivity index (χ0n) is 11.0. The number of nitrogens with zero attached hydrogens (tertiary/aromatic N) is 3. The van der Waals surface area contributed by atoms with Gasteiger partial charge >= 0.3 is 0 Å². The Balaban J connectivity index is 1.77. The van der Waals surface area contributed by atoms with E-state index >= 15 is 0 Å². The zero-order valence-corrected chi connectivity index (χ0v) is 11.9. The Hall–Kier alpha value is -1.97. The van der Waals surface area contributed by atoms with Crippen LogP contribution in [0.25, 0.3) is 0 Å². The van der Waals surface area contributed by atoms with E-state index < -0.39 is 0 Å². The summed E-state index contributed by atoms with van der Waals surface area (Å²) in [7, 11) is 0. The van der Waals surface area contributed by atoms with E-state index in [0.717, 1.165) is 13.0 Å². The molecule has 1 aliphatic heterocycles. The number of rotatable bonds is 3. The lowest BCUT2D eigenvalue weighted by Crippen LogP contribution is -2.30. The topological polar surface area (TPSA) is 70.8 Å². The molecule has 0 saturated carbocycles. The number of ether oxygens (including phenoxy) is 1. The van der Waals surface area contributed by atoms with Crippen LogP contribution in [0.3, 0.4) is 0 Å². The van der Waals surface area contributed by atoms with Gasteiger partial charge in [0.15, 0.2) is 5.69 Å². The normalized spacial score (nSPS) is 18.9. The van der Waals surface area contributed by atoms with Crippen LogP contribution < -0.4 is 5.32 Å². The van der Waals surface area contributed by atoms with Gasteiger partial charge in [-0.25, -0.2) is 4.98 Å². The van der Waals surface area contributed by atoms with Crippen molar-refractivity contribution >= 4 is 17.2 Å². The van der Waals surface area contributed by atoms with Crippen LogP contribution in [0.4, 0.5) is 5.82 Å². The quantitative estimate of drug-likeness (QED) is 0.938. The van der Waals surface area contributed by atoms with Crippen LogP contribution in [0.5, 0.6) is 0 Å². The summed E-state index contributed by atoms with van der Waals surface area (Å²) in [4.78, 5) is 9.58. The highest BCUT2D eigenvalue weighted by atomic mass is 32.1. The van der Waals surface area contributed by atoms with E-state index in [1.807, 2.05) is 6.07 Å². The van der Waals surface area contributed by atoms with E-state index in [0.29, 0.717) is 11.5 Å². The molecule has 6 heteroatoms. The molecule has 5 nitrogen and oxygen atoms in total. The second-order valence-corrected chi connectivity index (χ2v) is 5.68. The molecule has 0 saturated heterocycles. The number of nitriles is 1. The Labute approximate surface area is 121 Å². The molecule has 3 heterocycles. The molecule has 0 aliphatic carbocycles. The fraction of sp³-hybridized carbons (Fsp3) is 0.357. The molecule has 2 aromatic rings. The van der Waals surface area contributed by atoms with Gasteiger partial charge in [-0.3, -0.25) is 4.98 Å². The van der Waals surface area contributed by atoms with Gasteiger partial charge in [0.1, 0.15) is 18.0 Å². The molecule has 1 N–H and O–H groups in total. The maximum atomic E-state index is 8.84. The van der Waals surface area contributed by atoms with Gasteiger partial charge in [-0.2, -0.15) is 5.26 Å². The van der Waals surface area contributed by atoms with Crippen LogP contribution in [0.2, 0.25) is 0 Å². The van der Waals surface area contributed by atoms with Gasteiger partial charge in [0.05, 0.1) is 25.0 Å². The Kier molecular flexibility index (Phi) is 3.63. The molecule has 2 aromatic heterocycles. The van der Waals surface area contributed by atoms with Crippen molar-refractivity contribution < 1.29 is 4.74 Å². The van der Waals surface area contributed by atoms with Gasteiger partial charge < -0.3 is 10.1 Å². The van der Waals surface area contributed by atoms with Crippen molar-refractivity contribution in [2.75, 3.05) is 11.9 Å². The third-order valence-corrected chi connectivity index (χ3v) is 4.29. The van der Waals surface area contributed by atoms with Crippen LogP contribution in [0, 0.1) is 11.3 Å². The number of nitrogens with one attached hydrogen (secondary N) is 1. The van der Waals surface area contributed by atoms with Crippen LogP contribution in [-0.4, -0.2) is 22.6 Å². The minimum absolute atomic E-state index is 0.0116. The molecule has 1 aliphatic rings. The highest BCUT2D eigenvalue weighted by Gasteiger charge is 2.27. The lowest BCUT2D eigenvalue weighted by molar-refractivity contribution is 0.0339. The zero-order chi connectivity index (χ0) is 13.9. The highest BCUT2D eigenvalue weighted by molar-refractivity contribution is 7.10. The highest BCUT2D eigenvalue weighted by Crippen LogP contribution is 2.33. The summed E-state index contributed by atoms with van der Waals surface area (Å²) in [6.07, 6.45) is 4.07. The first-order valence-electron chi connectivity index (χ1n) is 6.44. The predicted octanol–water partition coefficient (Wildman–Crippen LogP) is 2.52. The number of aromatic nitrogens is 2. The number of fused-ring (bicyclic) bond motifs is 1. The molecule has 0 radical (unpaired) electrons. The van der Waals surface area contributed by atoms with Gasteiger partial charge in [0.25, 0.3) is 0 Å². The molecule has 2 atom stereocenters. The molecule has 0 aromatic carbocycles. The summed E-state index contributed by atoms with van der Waals surface area (Å²) in [6, 6.07) is 4.17. The summed E-state index contributed by atoms with van der Waals surface area (Å²) in [6.45, 7) is 2.80. The van der Waals surface area contributed by atoms with Gasteiger partial charge in [-0.15, -0.1) is 11.3 Å². The van der Waals surface area contributed by atoms with E-state index in [2.05, 4.69) is 33.7 Å². The van der Waals surface area contributed by atoms with Crippen LogP contribution in [-0.2, 0) is 11.2 Å². The average molecular weight is 286 g/mol. The molecule has 0 fully saturated rings. The van der Waals surface area contributed by atoms with E-state index in [-0.39, 0.29) is 12.1 Å². The summed E-state index contributed by atoms with van der Waals surface area (Å²) in [5.74, 6) is 0.600. The average Bonchev–Trinajstić information content (AvgIpc) is 2.95. The van der Waals surface area contributed by atoms with E-state index in [1.54, 1.807) is 17.5 Å². The second kappa shape index (κ2) is 5.57. The molecule has 0 spiro atoms. The second-order valence-electron chi connectivity index (χ2n) is 4.67. The van der Waals surface area contributed by atoms with Crippen LogP contribution >= 0.6 is 11.3 Å². The fourth-order valence-electron chi connectivity index (χ4n) is 2.39. The van der Waals surface area contributed by atoms with Crippen molar-refractivity contribution in [2.24, 2.45) is 0 Å². The summed E-state index contributed by atoms with van der Waals surface area (Å²) >= 11 is 1.78. The Morgan fingerprint density at radius 1 is 1.55 bits per heavy atom. The Morgan fingerprint density at radius 3 is 3.30 bits per heavy atom. The Bertz CT molecular complexity index is 649. The smallest absolute Gasteiger partial charge is 0.161 e. The molecular formula is C14H14N4OS. The standard InChI is InChI=1S/C14H14N4OS/c1-9(17-13-8-16-7-10(6-15)18-13)14-11-3-5-20-12(11)2-4-19-14/h3,5,7-9,14H,2,4H2,1H3,(H,17,18)/t9-,14-/m0/s1.